The van der Waals surface area contributed by atoms with Crippen LogP contribution in [0.15, 0.2) is 0 Å². The fourth-order valence-electron chi connectivity index (χ4n) is 2.57. The van der Waals surface area contributed by atoms with Gasteiger partial charge in [0.05, 0.1) is 7.11 Å². The maximum atomic E-state index is 5.85. The zero-order chi connectivity index (χ0) is 11.8. The lowest BCUT2D eigenvalue weighted by Gasteiger charge is -2.17. The molecule has 3 rings (SSSR count). The van der Waals surface area contributed by atoms with Crippen LogP contribution in [0.4, 0.5) is 5.95 Å². The summed E-state index contributed by atoms with van der Waals surface area (Å²) in [6.45, 7) is 4.11. The van der Waals surface area contributed by atoms with Crippen molar-refractivity contribution >= 4 is 17.5 Å². The van der Waals surface area contributed by atoms with Crippen molar-refractivity contribution < 1.29 is 4.74 Å². The van der Waals surface area contributed by atoms with Crippen LogP contribution in [0.25, 0.3) is 0 Å². The van der Waals surface area contributed by atoms with Gasteiger partial charge in [-0.05, 0) is 23.4 Å². The maximum Gasteiger partial charge on any atom is 0.322 e. The Bertz CT molecular complexity index is 417. The molecule has 0 bridgehead atoms. The summed E-state index contributed by atoms with van der Waals surface area (Å²) in [4.78, 5) is 14.4. The average molecular weight is 256 g/mol. The molecule has 92 valence electrons. The van der Waals surface area contributed by atoms with Gasteiger partial charge in [0.1, 0.15) is 0 Å². The van der Waals surface area contributed by atoms with E-state index in [4.69, 9.17) is 16.3 Å². The number of fused-ring (bicyclic) bond motifs is 1. The standard InChI is InChI=1S/C10H14ClN5O/c1-17-10-14-8(11)13-9(15-10)16-4-6-2-12-3-7(6)5-16/h6-7,12H,2-5H2,1H3/t6-,7+. The molecule has 0 aromatic carbocycles. The van der Waals surface area contributed by atoms with Gasteiger partial charge >= 0.3 is 6.01 Å². The second kappa shape index (κ2) is 4.27. The van der Waals surface area contributed by atoms with Crippen molar-refractivity contribution in [3.05, 3.63) is 5.28 Å². The minimum absolute atomic E-state index is 0.182. The van der Waals surface area contributed by atoms with Gasteiger partial charge in [-0.25, -0.2) is 0 Å². The fourth-order valence-corrected chi connectivity index (χ4v) is 2.72. The zero-order valence-electron chi connectivity index (χ0n) is 9.56. The lowest BCUT2D eigenvalue weighted by Crippen LogP contribution is -2.27. The number of nitrogens with one attached hydrogen (secondary N) is 1. The maximum absolute atomic E-state index is 5.85. The summed E-state index contributed by atoms with van der Waals surface area (Å²) in [6, 6.07) is 0.273. The number of aromatic nitrogens is 3. The minimum Gasteiger partial charge on any atom is -0.467 e. The summed E-state index contributed by atoms with van der Waals surface area (Å²) in [5.41, 5.74) is 0. The van der Waals surface area contributed by atoms with Crippen molar-refractivity contribution in [2.24, 2.45) is 11.8 Å². The first-order chi connectivity index (χ1) is 8.26. The van der Waals surface area contributed by atoms with Crippen LogP contribution >= 0.6 is 11.6 Å². The Morgan fingerprint density at radius 1 is 1.24 bits per heavy atom. The Morgan fingerprint density at radius 2 is 1.94 bits per heavy atom. The molecule has 0 amide bonds. The molecular weight excluding hydrogens is 242 g/mol. The third-order valence-corrected chi connectivity index (χ3v) is 3.60. The van der Waals surface area contributed by atoms with E-state index >= 15 is 0 Å². The Kier molecular flexibility index (Phi) is 2.76. The van der Waals surface area contributed by atoms with E-state index in [-0.39, 0.29) is 11.3 Å². The van der Waals surface area contributed by atoms with Crippen LogP contribution in [0.2, 0.25) is 5.28 Å². The SMILES string of the molecule is COc1nc(Cl)nc(N2C[C@H]3CNC[C@H]3C2)n1. The molecule has 1 aromatic heterocycles. The summed E-state index contributed by atoms with van der Waals surface area (Å²) < 4.78 is 5.00. The highest BCUT2D eigenvalue weighted by molar-refractivity contribution is 6.28. The van der Waals surface area contributed by atoms with Gasteiger partial charge in [-0.2, -0.15) is 15.0 Å². The van der Waals surface area contributed by atoms with Gasteiger partial charge in [-0.3, -0.25) is 0 Å². The van der Waals surface area contributed by atoms with Crippen LogP contribution in [0.1, 0.15) is 0 Å². The third kappa shape index (κ3) is 2.02. The van der Waals surface area contributed by atoms with E-state index in [0.717, 1.165) is 26.2 Å². The van der Waals surface area contributed by atoms with Gasteiger partial charge < -0.3 is 15.0 Å². The number of rotatable bonds is 2. The number of ether oxygens (including phenoxy) is 1. The van der Waals surface area contributed by atoms with Crippen molar-refractivity contribution in [1.82, 2.24) is 20.3 Å². The van der Waals surface area contributed by atoms with Crippen molar-refractivity contribution in [2.45, 2.75) is 0 Å². The number of anilines is 1. The highest BCUT2D eigenvalue weighted by Crippen LogP contribution is 2.29. The molecule has 0 spiro atoms. The van der Waals surface area contributed by atoms with Crippen molar-refractivity contribution in [3.8, 4) is 6.01 Å². The highest BCUT2D eigenvalue weighted by atomic mass is 35.5. The second-order valence-corrected chi connectivity index (χ2v) is 4.81. The average Bonchev–Trinajstić information content (AvgIpc) is 2.88. The molecule has 2 saturated heterocycles. The van der Waals surface area contributed by atoms with Gasteiger partial charge in [-0.1, -0.05) is 0 Å². The second-order valence-electron chi connectivity index (χ2n) is 4.47. The molecule has 1 aromatic rings. The highest BCUT2D eigenvalue weighted by Gasteiger charge is 2.37. The third-order valence-electron chi connectivity index (χ3n) is 3.43. The van der Waals surface area contributed by atoms with E-state index in [2.05, 4.69) is 25.2 Å². The molecule has 17 heavy (non-hydrogen) atoms. The summed E-state index contributed by atoms with van der Waals surface area (Å²) >= 11 is 5.85. The predicted molar refractivity (Wildman–Crippen MR) is 63.5 cm³/mol. The normalized spacial score (nSPS) is 27.3. The first-order valence-corrected chi connectivity index (χ1v) is 6.05. The molecule has 6 nitrogen and oxygen atoms in total. The predicted octanol–water partition coefficient (Wildman–Crippen LogP) is 0.189. The van der Waals surface area contributed by atoms with Crippen LogP contribution in [0, 0.1) is 11.8 Å². The monoisotopic (exact) mass is 255 g/mol. The summed E-state index contributed by atoms with van der Waals surface area (Å²) in [5, 5.41) is 3.58. The molecule has 2 fully saturated rings. The van der Waals surface area contributed by atoms with E-state index in [1.54, 1.807) is 0 Å². The number of hydrogen-bond donors (Lipinski definition) is 1. The molecule has 3 heterocycles. The van der Waals surface area contributed by atoms with E-state index in [1.165, 1.54) is 7.11 Å². The largest absolute Gasteiger partial charge is 0.467 e. The van der Waals surface area contributed by atoms with Gasteiger partial charge in [0, 0.05) is 26.2 Å². The molecule has 1 N–H and O–H groups in total. The van der Waals surface area contributed by atoms with Crippen LogP contribution in [-0.2, 0) is 0 Å². The molecule has 0 aliphatic carbocycles. The topological polar surface area (TPSA) is 63.2 Å². The number of nitrogens with zero attached hydrogens (tertiary/aromatic N) is 4. The van der Waals surface area contributed by atoms with Gasteiger partial charge in [-0.15, -0.1) is 0 Å². The molecule has 0 radical (unpaired) electrons. The lowest BCUT2D eigenvalue weighted by atomic mass is 10.0. The molecule has 7 heteroatoms. The van der Waals surface area contributed by atoms with Crippen LogP contribution < -0.4 is 15.0 Å². The fraction of sp³-hybridized carbons (Fsp3) is 0.700. The first kappa shape index (κ1) is 11.0. The zero-order valence-corrected chi connectivity index (χ0v) is 10.3. The summed E-state index contributed by atoms with van der Waals surface area (Å²) in [7, 11) is 1.53. The number of methoxy groups -OCH3 is 1. The molecule has 2 aliphatic rings. The van der Waals surface area contributed by atoms with E-state index < -0.39 is 0 Å². The van der Waals surface area contributed by atoms with E-state index in [0.29, 0.717) is 17.8 Å². The van der Waals surface area contributed by atoms with E-state index in [9.17, 15) is 0 Å². The first-order valence-electron chi connectivity index (χ1n) is 5.67. The Labute approximate surface area is 104 Å². The molecule has 2 aliphatic heterocycles. The van der Waals surface area contributed by atoms with E-state index in [1.807, 2.05) is 0 Å². The number of hydrogen-bond acceptors (Lipinski definition) is 6. The minimum atomic E-state index is 0.182. The Morgan fingerprint density at radius 3 is 2.59 bits per heavy atom. The van der Waals surface area contributed by atoms with Crippen LogP contribution in [-0.4, -0.2) is 48.2 Å². The van der Waals surface area contributed by atoms with Gasteiger partial charge in [0.25, 0.3) is 0 Å². The molecule has 0 unspecified atom stereocenters. The molecule has 2 atom stereocenters. The van der Waals surface area contributed by atoms with Crippen LogP contribution in [0.3, 0.4) is 0 Å². The Hall–Kier alpha value is -1.14. The smallest absolute Gasteiger partial charge is 0.322 e. The van der Waals surface area contributed by atoms with Crippen molar-refractivity contribution in [1.29, 1.82) is 0 Å². The Balaban J connectivity index is 1.82. The van der Waals surface area contributed by atoms with Gasteiger partial charge in [0.15, 0.2) is 0 Å². The van der Waals surface area contributed by atoms with Crippen LogP contribution in [0.5, 0.6) is 6.01 Å². The van der Waals surface area contributed by atoms with Crippen molar-refractivity contribution in [2.75, 3.05) is 38.2 Å². The molecule has 0 saturated carbocycles. The van der Waals surface area contributed by atoms with Gasteiger partial charge in [0.2, 0.25) is 11.2 Å². The quantitative estimate of drug-likeness (QED) is 0.814. The van der Waals surface area contributed by atoms with Crippen molar-refractivity contribution in [3.63, 3.8) is 0 Å². The number of halogens is 1. The molecular formula is C10H14ClN5O. The summed E-state index contributed by atoms with van der Waals surface area (Å²) in [5.74, 6) is 2.00. The lowest BCUT2D eigenvalue weighted by molar-refractivity contribution is 0.378. The summed E-state index contributed by atoms with van der Waals surface area (Å²) in [6.07, 6.45) is 0.